The normalized spacial score (nSPS) is 13.8. The molecule has 152 valence electrons. The number of carbonyl (C=O) groups is 1. The van der Waals surface area contributed by atoms with Crippen molar-refractivity contribution >= 4 is 61.6 Å². The largest absolute Gasteiger partial charge is 0.301 e. The van der Waals surface area contributed by atoms with Crippen LogP contribution in [0, 0.1) is 10.1 Å². The van der Waals surface area contributed by atoms with E-state index in [1.54, 1.807) is 29.3 Å². The van der Waals surface area contributed by atoms with E-state index in [0.29, 0.717) is 16.4 Å². The quantitative estimate of drug-likeness (QED) is 0.390. The minimum absolute atomic E-state index is 0.00318. The lowest BCUT2D eigenvalue weighted by Crippen LogP contribution is -2.23. The molecule has 1 aromatic heterocycles. The zero-order chi connectivity index (χ0) is 21.1. The molecule has 0 radical (unpaired) electrons. The van der Waals surface area contributed by atoms with Crippen molar-refractivity contribution in [2.75, 3.05) is 5.32 Å². The lowest BCUT2D eigenvalue weighted by molar-refractivity contribution is -0.384. The van der Waals surface area contributed by atoms with E-state index in [1.807, 2.05) is 25.1 Å². The summed E-state index contributed by atoms with van der Waals surface area (Å²) in [6, 6.07) is 14.3. The van der Waals surface area contributed by atoms with Crippen LogP contribution < -0.4 is 5.32 Å². The topological polar surface area (TPSA) is 97.5 Å². The third kappa shape index (κ3) is 4.72. The Kier molecular flexibility index (Phi) is 6.16. The molecule has 1 N–H and O–H groups in total. The number of thiazole rings is 1. The average Bonchev–Trinajstić information content (AvgIpc) is 3.22. The van der Waals surface area contributed by atoms with Gasteiger partial charge in [0.15, 0.2) is 5.13 Å². The van der Waals surface area contributed by atoms with Gasteiger partial charge in [-0.25, -0.2) is 9.98 Å². The Morgan fingerprint density at radius 1 is 1.27 bits per heavy atom. The zero-order valence-corrected chi connectivity index (χ0v) is 18.2. The number of thioether (sulfide) groups is 2. The van der Waals surface area contributed by atoms with Crippen LogP contribution >= 0.6 is 34.9 Å². The van der Waals surface area contributed by atoms with E-state index in [0.717, 1.165) is 15.8 Å². The Hall–Kier alpha value is -2.69. The van der Waals surface area contributed by atoms with Gasteiger partial charge >= 0.3 is 0 Å². The molecule has 1 aliphatic rings. The fraction of sp³-hybridized carbons (Fsp3) is 0.150. The van der Waals surface area contributed by atoms with E-state index in [-0.39, 0.29) is 16.8 Å². The predicted molar refractivity (Wildman–Crippen MR) is 125 cm³/mol. The van der Waals surface area contributed by atoms with Crippen LogP contribution in [0.2, 0.25) is 0 Å². The smallest absolute Gasteiger partial charge is 0.270 e. The van der Waals surface area contributed by atoms with E-state index in [1.165, 1.54) is 40.8 Å². The number of nitro groups is 1. The molecular weight excluding hydrogens is 440 g/mol. The van der Waals surface area contributed by atoms with Gasteiger partial charge in [-0.3, -0.25) is 14.9 Å². The van der Waals surface area contributed by atoms with Crippen LogP contribution in [0.15, 0.2) is 58.9 Å². The van der Waals surface area contributed by atoms with Crippen LogP contribution in [0.1, 0.15) is 12.5 Å². The van der Waals surface area contributed by atoms with Gasteiger partial charge in [0.25, 0.3) is 5.69 Å². The third-order valence-corrected chi connectivity index (χ3v) is 7.34. The van der Waals surface area contributed by atoms with Gasteiger partial charge < -0.3 is 5.32 Å². The summed E-state index contributed by atoms with van der Waals surface area (Å²) in [7, 11) is 0. The third-order valence-electron chi connectivity index (χ3n) is 4.29. The highest BCUT2D eigenvalue weighted by Gasteiger charge is 2.21. The number of para-hydroxylation sites is 1. The molecule has 30 heavy (non-hydrogen) atoms. The van der Waals surface area contributed by atoms with Crippen LogP contribution in [0.4, 0.5) is 16.5 Å². The second kappa shape index (κ2) is 8.99. The number of amides is 1. The first-order chi connectivity index (χ1) is 14.5. The minimum Gasteiger partial charge on any atom is -0.301 e. The van der Waals surface area contributed by atoms with Gasteiger partial charge in [-0.1, -0.05) is 53.9 Å². The summed E-state index contributed by atoms with van der Waals surface area (Å²) in [4.78, 5) is 32.2. The average molecular weight is 457 g/mol. The molecule has 1 aliphatic heterocycles. The maximum Gasteiger partial charge on any atom is 0.270 e. The number of anilines is 1. The Morgan fingerprint density at radius 2 is 2.10 bits per heavy atom. The molecule has 0 aliphatic carbocycles. The molecule has 1 unspecified atom stereocenters. The lowest BCUT2D eigenvalue weighted by atomic mass is 10.1. The fourth-order valence-corrected chi connectivity index (χ4v) is 5.64. The van der Waals surface area contributed by atoms with E-state index in [9.17, 15) is 14.9 Å². The van der Waals surface area contributed by atoms with Crippen LogP contribution in [0.25, 0.3) is 11.3 Å². The molecule has 10 heteroatoms. The van der Waals surface area contributed by atoms with Gasteiger partial charge in [0, 0.05) is 28.8 Å². The number of fused-ring (bicyclic) bond motifs is 1. The highest BCUT2D eigenvalue weighted by Crippen LogP contribution is 2.36. The van der Waals surface area contributed by atoms with Crippen molar-refractivity contribution in [3.8, 4) is 11.3 Å². The molecule has 0 saturated heterocycles. The van der Waals surface area contributed by atoms with Crippen molar-refractivity contribution < 1.29 is 9.72 Å². The van der Waals surface area contributed by atoms with Crippen molar-refractivity contribution in [2.45, 2.75) is 17.9 Å². The van der Waals surface area contributed by atoms with Crippen LogP contribution in [-0.2, 0) is 10.5 Å². The molecule has 0 saturated carbocycles. The summed E-state index contributed by atoms with van der Waals surface area (Å²) in [6.45, 7) is 1.83. The summed E-state index contributed by atoms with van der Waals surface area (Å²) in [5.74, 6) is 0.678. The van der Waals surface area contributed by atoms with Crippen molar-refractivity contribution in [2.24, 2.45) is 4.99 Å². The van der Waals surface area contributed by atoms with Gasteiger partial charge in [-0.05, 0) is 18.6 Å². The molecule has 0 bridgehead atoms. The Bertz CT molecular complexity index is 1150. The molecule has 7 nitrogen and oxygen atoms in total. The van der Waals surface area contributed by atoms with Crippen molar-refractivity contribution in [3.05, 3.63) is 69.6 Å². The van der Waals surface area contributed by atoms with Crippen LogP contribution in [-0.4, -0.2) is 25.4 Å². The molecule has 0 spiro atoms. The number of non-ortho nitro benzene ring substituents is 1. The summed E-state index contributed by atoms with van der Waals surface area (Å²) in [5.41, 5.74) is 3.37. The van der Waals surface area contributed by atoms with Gasteiger partial charge in [0.1, 0.15) is 4.38 Å². The number of aromatic nitrogens is 1. The number of carbonyl (C=O) groups excluding carboxylic acids is 1. The molecule has 4 rings (SSSR count). The SMILES string of the molecule is CC(SC1=Nc2ccccc2CS1)C(=O)Nc1nc(-c2cccc([N+](=O)[O-])c2)cs1. The second-order valence-electron chi connectivity index (χ2n) is 6.39. The Morgan fingerprint density at radius 3 is 2.93 bits per heavy atom. The molecule has 1 atom stereocenters. The standard InChI is InChI=1S/C20H16N4O3S3/c1-12(30-20-22-16-8-3-2-5-14(16)10-29-20)18(25)23-19-21-17(11-28-19)13-6-4-7-15(9-13)24(26)27/h2-9,11-12H,10H2,1H3,(H,21,23,25). The number of hydrogen-bond donors (Lipinski definition) is 1. The van der Waals surface area contributed by atoms with E-state index >= 15 is 0 Å². The molecular formula is C20H16N4O3S3. The van der Waals surface area contributed by atoms with Crippen LogP contribution in [0.3, 0.4) is 0 Å². The summed E-state index contributed by atoms with van der Waals surface area (Å²) in [5, 5.41) is 15.7. The van der Waals surface area contributed by atoms with E-state index < -0.39 is 4.92 Å². The monoisotopic (exact) mass is 456 g/mol. The van der Waals surface area contributed by atoms with E-state index in [2.05, 4.69) is 21.4 Å². The number of nitrogens with one attached hydrogen (secondary N) is 1. The van der Waals surface area contributed by atoms with Gasteiger partial charge in [-0.2, -0.15) is 0 Å². The Balaban J connectivity index is 1.40. The number of aliphatic imine (C=N–C) groups is 1. The summed E-state index contributed by atoms with van der Waals surface area (Å²) >= 11 is 4.33. The lowest BCUT2D eigenvalue weighted by Gasteiger charge is -2.16. The number of nitro benzene ring substituents is 1. The molecule has 2 heterocycles. The highest BCUT2D eigenvalue weighted by atomic mass is 32.2. The van der Waals surface area contributed by atoms with E-state index in [4.69, 9.17) is 0 Å². The molecule has 2 aromatic carbocycles. The summed E-state index contributed by atoms with van der Waals surface area (Å²) in [6.07, 6.45) is 0. The number of rotatable bonds is 5. The van der Waals surface area contributed by atoms with Gasteiger partial charge in [-0.15, -0.1) is 11.3 Å². The Labute approximate surface area is 185 Å². The number of benzene rings is 2. The first-order valence-electron chi connectivity index (χ1n) is 8.97. The minimum atomic E-state index is -0.443. The molecule has 0 fully saturated rings. The van der Waals surface area contributed by atoms with Crippen molar-refractivity contribution in [3.63, 3.8) is 0 Å². The fourth-order valence-electron chi connectivity index (χ4n) is 2.73. The molecule has 1 amide bonds. The first-order valence-corrected chi connectivity index (χ1v) is 11.7. The highest BCUT2D eigenvalue weighted by molar-refractivity contribution is 8.39. The predicted octanol–water partition coefficient (Wildman–Crippen LogP) is 5.71. The second-order valence-corrected chi connectivity index (χ2v) is 9.80. The van der Waals surface area contributed by atoms with Crippen molar-refractivity contribution in [1.82, 2.24) is 4.98 Å². The number of hydrogen-bond acceptors (Lipinski definition) is 8. The zero-order valence-electron chi connectivity index (χ0n) is 15.8. The number of nitrogens with zero attached hydrogens (tertiary/aromatic N) is 3. The van der Waals surface area contributed by atoms with Gasteiger partial charge in [0.2, 0.25) is 5.91 Å². The van der Waals surface area contributed by atoms with Crippen molar-refractivity contribution in [1.29, 1.82) is 0 Å². The summed E-state index contributed by atoms with van der Waals surface area (Å²) < 4.78 is 0.868. The maximum atomic E-state index is 12.6. The maximum absolute atomic E-state index is 12.6. The van der Waals surface area contributed by atoms with Crippen LogP contribution in [0.5, 0.6) is 0 Å². The van der Waals surface area contributed by atoms with Gasteiger partial charge in [0.05, 0.1) is 21.6 Å². The molecule has 3 aromatic rings. The first kappa shape index (κ1) is 20.6.